The predicted octanol–water partition coefficient (Wildman–Crippen LogP) is 3.84. The number of carboxylic acids is 1. The molecule has 1 heterocycles. The Morgan fingerprint density at radius 2 is 2.05 bits per heavy atom. The van der Waals surface area contributed by atoms with Crippen molar-refractivity contribution in [2.45, 2.75) is 13.1 Å². The molecule has 7 heteroatoms. The Hall–Kier alpha value is -1.89. The average molecular weight is 287 g/mol. The lowest BCUT2D eigenvalue weighted by atomic mass is 10.1. The predicted molar refractivity (Wildman–Crippen MR) is 64.2 cm³/mol. The Bertz CT molecular complexity index is 634. The Labute approximate surface area is 110 Å². The van der Waals surface area contributed by atoms with Crippen LogP contribution >= 0.6 is 11.3 Å². The molecule has 0 atom stereocenters. The Kier molecular flexibility index (Phi) is 3.32. The van der Waals surface area contributed by atoms with E-state index >= 15 is 0 Å². The molecule has 0 aliphatic heterocycles. The van der Waals surface area contributed by atoms with Crippen molar-refractivity contribution in [2.24, 2.45) is 0 Å². The first kappa shape index (κ1) is 13.5. The molecule has 1 N–H and O–H groups in total. The molecule has 0 aliphatic rings. The van der Waals surface area contributed by atoms with Crippen LogP contribution in [-0.2, 0) is 6.18 Å². The van der Waals surface area contributed by atoms with Crippen LogP contribution in [0.15, 0.2) is 24.3 Å². The summed E-state index contributed by atoms with van der Waals surface area (Å²) >= 11 is 0.526. The zero-order valence-corrected chi connectivity index (χ0v) is 10.5. The second-order valence-electron chi connectivity index (χ2n) is 3.87. The van der Waals surface area contributed by atoms with Crippen molar-refractivity contribution in [3.63, 3.8) is 0 Å². The number of aryl methyl sites for hydroxylation is 1. The number of alkyl halides is 3. The Morgan fingerprint density at radius 3 is 2.53 bits per heavy atom. The van der Waals surface area contributed by atoms with Gasteiger partial charge in [0, 0.05) is 5.56 Å². The molecule has 2 rings (SSSR count). The monoisotopic (exact) mass is 287 g/mol. The number of carboxylic acid groups (broad SMARTS) is 1. The van der Waals surface area contributed by atoms with Gasteiger partial charge in [-0.05, 0) is 13.0 Å². The molecule has 19 heavy (non-hydrogen) atoms. The molecule has 2 aromatic rings. The van der Waals surface area contributed by atoms with Gasteiger partial charge in [-0.25, -0.2) is 9.78 Å². The van der Waals surface area contributed by atoms with Gasteiger partial charge in [0.15, 0.2) is 5.69 Å². The second kappa shape index (κ2) is 4.65. The third kappa shape index (κ3) is 2.76. The van der Waals surface area contributed by atoms with E-state index in [1.165, 1.54) is 0 Å². The van der Waals surface area contributed by atoms with Crippen LogP contribution in [0.4, 0.5) is 13.2 Å². The van der Waals surface area contributed by atoms with E-state index in [0.717, 1.165) is 5.56 Å². The van der Waals surface area contributed by atoms with E-state index in [2.05, 4.69) is 4.98 Å². The summed E-state index contributed by atoms with van der Waals surface area (Å²) < 4.78 is 38.1. The maximum absolute atomic E-state index is 12.7. The highest BCUT2D eigenvalue weighted by molar-refractivity contribution is 7.17. The number of thiazole rings is 1. The normalized spacial score (nSPS) is 11.6. The SMILES string of the molecule is Cc1cccc(-c2nc(C(F)(F)F)c(C(=O)O)s2)c1. The third-order valence-corrected chi connectivity index (χ3v) is 3.45. The highest BCUT2D eigenvalue weighted by Gasteiger charge is 2.39. The molecule has 0 fully saturated rings. The van der Waals surface area contributed by atoms with Gasteiger partial charge in [0.1, 0.15) is 9.88 Å². The summed E-state index contributed by atoms with van der Waals surface area (Å²) in [6, 6.07) is 6.72. The fourth-order valence-corrected chi connectivity index (χ4v) is 2.48. The lowest BCUT2D eigenvalue weighted by Crippen LogP contribution is -2.11. The number of aromatic carboxylic acids is 1. The minimum absolute atomic E-state index is 0.0495. The van der Waals surface area contributed by atoms with Crippen LogP contribution in [0.5, 0.6) is 0 Å². The average Bonchev–Trinajstić information content (AvgIpc) is 2.73. The van der Waals surface area contributed by atoms with Gasteiger partial charge in [0.25, 0.3) is 0 Å². The number of rotatable bonds is 2. The molecule has 0 aliphatic carbocycles. The highest BCUT2D eigenvalue weighted by Crippen LogP contribution is 2.37. The van der Waals surface area contributed by atoms with Crippen molar-refractivity contribution in [1.29, 1.82) is 0 Å². The van der Waals surface area contributed by atoms with Crippen LogP contribution in [0.3, 0.4) is 0 Å². The zero-order chi connectivity index (χ0) is 14.2. The summed E-state index contributed by atoms with van der Waals surface area (Å²) in [4.78, 5) is 13.5. The molecular weight excluding hydrogens is 279 g/mol. The lowest BCUT2D eigenvalue weighted by molar-refractivity contribution is -0.141. The van der Waals surface area contributed by atoms with Gasteiger partial charge in [-0.3, -0.25) is 0 Å². The number of nitrogens with zero attached hydrogens (tertiary/aromatic N) is 1. The van der Waals surface area contributed by atoms with Crippen molar-refractivity contribution < 1.29 is 23.1 Å². The van der Waals surface area contributed by atoms with Crippen LogP contribution in [0.2, 0.25) is 0 Å². The van der Waals surface area contributed by atoms with Gasteiger partial charge >= 0.3 is 12.1 Å². The molecule has 100 valence electrons. The minimum Gasteiger partial charge on any atom is -0.477 e. The molecule has 0 amide bonds. The van der Waals surface area contributed by atoms with Crippen molar-refractivity contribution >= 4 is 17.3 Å². The van der Waals surface area contributed by atoms with Crippen LogP contribution in [0.1, 0.15) is 20.9 Å². The first-order chi connectivity index (χ1) is 8.79. The van der Waals surface area contributed by atoms with Gasteiger partial charge < -0.3 is 5.11 Å². The number of hydrogen-bond donors (Lipinski definition) is 1. The van der Waals surface area contributed by atoms with Crippen molar-refractivity contribution in [2.75, 3.05) is 0 Å². The summed E-state index contributed by atoms with van der Waals surface area (Å²) in [6.45, 7) is 1.79. The van der Waals surface area contributed by atoms with Crippen LogP contribution in [-0.4, -0.2) is 16.1 Å². The van der Waals surface area contributed by atoms with E-state index in [-0.39, 0.29) is 5.01 Å². The number of benzene rings is 1. The molecule has 0 saturated carbocycles. The number of aromatic nitrogens is 1. The van der Waals surface area contributed by atoms with E-state index in [4.69, 9.17) is 5.11 Å². The van der Waals surface area contributed by atoms with Crippen LogP contribution < -0.4 is 0 Å². The third-order valence-electron chi connectivity index (χ3n) is 2.35. The topological polar surface area (TPSA) is 50.2 Å². The molecule has 0 spiro atoms. The van der Waals surface area contributed by atoms with E-state index < -0.39 is 22.7 Å². The molecule has 1 aromatic heterocycles. The first-order valence-corrected chi connectivity index (χ1v) is 5.99. The fourth-order valence-electron chi connectivity index (χ4n) is 1.56. The van der Waals surface area contributed by atoms with Gasteiger partial charge in [0.2, 0.25) is 0 Å². The molecule has 1 aromatic carbocycles. The van der Waals surface area contributed by atoms with Gasteiger partial charge in [-0.2, -0.15) is 13.2 Å². The summed E-state index contributed by atoms with van der Waals surface area (Å²) in [7, 11) is 0. The van der Waals surface area contributed by atoms with Gasteiger partial charge in [-0.1, -0.05) is 23.8 Å². The Balaban J connectivity index is 2.58. The Morgan fingerprint density at radius 1 is 1.37 bits per heavy atom. The summed E-state index contributed by atoms with van der Waals surface area (Å²) in [5, 5.41) is 8.86. The molecular formula is C12H8F3NO2S. The molecule has 0 radical (unpaired) electrons. The van der Waals surface area contributed by atoms with Crippen LogP contribution in [0.25, 0.3) is 10.6 Å². The number of halogens is 3. The first-order valence-electron chi connectivity index (χ1n) is 5.17. The molecule has 3 nitrogen and oxygen atoms in total. The van der Waals surface area contributed by atoms with E-state index in [1.807, 2.05) is 0 Å². The molecule has 0 saturated heterocycles. The van der Waals surface area contributed by atoms with E-state index in [9.17, 15) is 18.0 Å². The van der Waals surface area contributed by atoms with E-state index in [1.54, 1.807) is 31.2 Å². The standard InChI is InChI=1S/C12H8F3NO2S/c1-6-3-2-4-7(5-6)10-16-9(12(13,14)15)8(19-10)11(17)18/h2-5H,1H3,(H,17,18). The quantitative estimate of drug-likeness (QED) is 0.913. The van der Waals surface area contributed by atoms with Gasteiger partial charge in [-0.15, -0.1) is 11.3 Å². The minimum atomic E-state index is -4.77. The van der Waals surface area contributed by atoms with Crippen molar-refractivity contribution in [3.8, 4) is 10.6 Å². The summed E-state index contributed by atoms with van der Waals surface area (Å²) in [5.41, 5.74) is -0.0114. The maximum atomic E-state index is 12.7. The highest BCUT2D eigenvalue weighted by atomic mass is 32.1. The number of carbonyl (C=O) groups is 1. The van der Waals surface area contributed by atoms with Crippen LogP contribution in [0, 0.1) is 6.92 Å². The smallest absolute Gasteiger partial charge is 0.435 e. The summed E-state index contributed by atoms with van der Waals surface area (Å²) in [6.07, 6.45) is -4.77. The molecule has 0 bridgehead atoms. The summed E-state index contributed by atoms with van der Waals surface area (Å²) in [5.74, 6) is -1.62. The second-order valence-corrected chi connectivity index (χ2v) is 4.87. The largest absolute Gasteiger partial charge is 0.477 e. The van der Waals surface area contributed by atoms with Crippen molar-refractivity contribution in [3.05, 3.63) is 40.4 Å². The fraction of sp³-hybridized carbons (Fsp3) is 0.167. The zero-order valence-electron chi connectivity index (χ0n) is 9.65. The maximum Gasteiger partial charge on any atom is 0.435 e. The lowest BCUT2D eigenvalue weighted by Gasteiger charge is -2.02. The number of hydrogen-bond acceptors (Lipinski definition) is 3. The van der Waals surface area contributed by atoms with Gasteiger partial charge in [0.05, 0.1) is 0 Å². The van der Waals surface area contributed by atoms with E-state index in [0.29, 0.717) is 16.9 Å². The molecule has 0 unspecified atom stereocenters. The van der Waals surface area contributed by atoms with Crippen molar-refractivity contribution in [1.82, 2.24) is 4.98 Å².